The van der Waals surface area contributed by atoms with Gasteiger partial charge in [0, 0.05) is 25.0 Å². The summed E-state index contributed by atoms with van der Waals surface area (Å²) in [6.45, 7) is 0.446. The van der Waals surface area contributed by atoms with Crippen LogP contribution in [0.15, 0.2) is 53.7 Å². The van der Waals surface area contributed by atoms with Gasteiger partial charge in [-0.05, 0) is 50.7 Å². The van der Waals surface area contributed by atoms with E-state index in [0.29, 0.717) is 6.54 Å². The maximum atomic E-state index is 13.1. The number of aryl methyl sites for hydroxylation is 1. The van der Waals surface area contributed by atoms with Gasteiger partial charge in [0.05, 0.1) is 5.69 Å². The van der Waals surface area contributed by atoms with Crippen molar-refractivity contribution in [3.05, 3.63) is 54.4 Å². The molecule has 0 N–H and O–H groups in total. The topological polar surface area (TPSA) is 53.5 Å². The fourth-order valence-corrected chi connectivity index (χ4v) is 4.45. The van der Waals surface area contributed by atoms with Crippen molar-refractivity contribution in [3.63, 3.8) is 0 Å². The van der Waals surface area contributed by atoms with Crippen LogP contribution in [0, 0.1) is 0 Å². The van der Waals surface area contributed by atoms with Crippen LogP contribution in [-0.2, 0) is 16.4 Å². The third-order valence-corrected chi connectivity index (χ3v) is 6.10. The molecule has 6 heteroatoms. The van der Waals surface area contributed by atoms with Crippen LogP contribution in [0.5, 0.6) is 0 Å². The second-order valence-electron chi connectivity index (χ2n) is 6.01. The quantitative estimate of drug-likeness (QED) is 0.865. The highest BCUT2D eigenvalue weighted by molar-refractivity contribution is 7.92. The molecule has 23 heavy (non-hydrogen) atoms. The van der Waals surface area contributed by atoms with E-state index in [4.69, 9.17) is 0 Å². The molecule has 1 aliphatic heterocycles. The van der Waals surface area contributed by atoms with E-state index in [-0.39, 0.29) is 10.9 Å². The average Bonchev–Trinajstić information content (AvgIpc) is 2.76. The van der Waals surface area contributed by atoms with Crippen LogP contribution in [0.25, 0.3) is 0 Å². The zero-order valence-corrected chi connectivity index (χ0v) is 14.2. The van der Waals surface area contributed by atoms with Crippen LogP contribution in [0.3, 0.4) is 0 Å². The number of sulfonamides is 1. The maximum Gasteiger partial charge on any atom is 0.265 e. The van der Waals surface area contributed by atoms with Gasteiger partial charge in [-0.2, -0.15) is 0 Å². The minimum absolute atomic E-state index is 0.175. The first-order valence-corrected chi connectivity index (χ1v) is 9.11. The predicted octanol–water partition coefficient (Wildman–Crippen LogP) is 2.15. The van der Waals surface area contributed by atoms with E-state index in [2.05, 4.69) is 9.88 Å². The first-order chi connectivity index (χ1) is 11.0. The van der Waals surface area contributed by atoms with Crippen LogP contribution in [0.1, 0.15) is 12.0 Å². The number of anilines is 1. The molecule has 1 unspecified atom stereocenters. The molecule has 2 aromatic rings. The first-order valence-electron chi connectivity index (χ1n) is 7.67. The zero-order chi connectivity index (χ0) is 16.4. The molecule has 1 aromatic heterocycles. The highest BCUT2D eigenvalue weighted by Crippen LogP contribution is 2.31. The molecule has 0 amide bonds. The second-order valence-corrected chi connectivity index (χ2v) is 7.87. The number of nitrogens with zero attached hydrogens (tertiary/aromatic N) is 3. The summed E-state index contributed by atoms with van der Waals surface area (Å²) in [4.78, 5) is 6.29. The summed E-state index contributed by atoms with van der Waals surface area (Å²) in [7, 11) is 0.370. The largest absolute Gasteiger partial charge is 0.305 e. The van der Waals surface area contributed by atoms with Crippen molar-refractivity contribution >= 4 is 15.7 Å². The van der Waals surface area contributed by atoms with Gasteiger partial charge in [-0.3, -0.25) is 9.29 Å². The summed E-state index contributed by atoms with van der Waals surface area (Å²) in [6.07, 6.45) is 4.80. The molecule has 0 saturated heterocycles. The Labute approximate surface area is 137 Å². The molecule has 2 heterocycles. The van der Waals surface area contributed by atoms with Crippen molar-refractivity contribution in [1.82, 2.24) is 9.88 Å². The lowest BCUT2D eigenvalue weighted by atomic mass is 10.1. The highest BCUT2D eigenvalue weighted by atomic mass is 32.2. The Balaban J connectivity index is 2.10. The van der Waals surface area contributed by atoms with Gasteiger partial charge in [-0.25, -0.2) is 8.42 Å². The Bertz CT molecular complexity index is 775. The van der Waals surface area contributed by atoms with Crippen molar-refractivity contribution in [3.8, 4) is 0 Å². The fraction of sp³-hybridized carbons (Fsp3) is 0.353. The molecule has 0 radical (unpaired) electrons. The number of rotatable bonds is 3. The van der Waals surface area contributed by atoms with E-state index in [1.807, 2.05) is 38.4 Å². The number of hydrogen-bond acceptors (Lipinski definition) is 4. The summed E-state index contributed by atoms with van der Waals surface area (Å²) in [5, 5.41) is 0. The predicted molar refractivity (Wildman–Crippen MR) is 91.0 cm³/mol. The van der Waals surface area contributed by atoms with Crippen LogP contribution >= 0.6 is 0 Å². The summed E-state index contributed by atoms with van der Waals surface area (Å²) in [6, 6.07) is 11.2. The molecular weight excluding hydrogens is 310 g/mol. The summed E-state index contributed by atoms with van der Waals surface area (Å²) in [5.74, 6) is 0. The molecule has 1 aliphatic rings. The maximum absolute atomic E-state index is 13.1. The number of hydrogen-bond donors (Lipinski definition) is 0. The van der Waals surface area contributed by atoms with E-state index < -0.39 is 10.0 Å². The van der Waals surface area contributed by atoms with E-state index in [1.54, 1.807) is 18.3 Å². The van der Waals surface area contributed by atoms with Gasteiger partial charge in [-0.15, -0.1) is 0 Å². The minimum atomic E-state index is -3.62. The lowest BCUT2D eigenvalue weighted by Gasteiger charge is -2.30. The Morgan fingerprint density at radius 3 is 2.65 bits per heavy atom. The number of para-hydroxylation sites is 1. The van der Waals surface area contributed by atoms with E-state index in [1.165, 1.54) is 10.5 Å². The normalized spacial score (nSPS) is 18.6. The van der Waals surface area contributed by atoms with Crippen LogP contribution < -0.4 is 4.31 Å². The molecule has 0 spiro atoms. The molecule has 5 nitrogen and oxygen atoms in total. The Morgan fingerprint density at radius 1 is 1.17 bits per heavy atom. The van der Waals surface area contributed by atoms with Crippen LogP contribution in [0.2, 0.25) is 0 Å². The molecule has 3 rings (SSSR count). The lowest BCUT2D eigenvalue weighted by molar-refractivity contribution is 0.288. The summed E-state index contributed by atoms with van der Waals surface area (Å²) < 4.78 is 27.8. The number of pyridine rings is 1. The Kier molecular flexibility index (Phi) is 4.37. The molecule has 0 bridgehead atoms. The van der Waals surface area contributed by atoms with Gasteiger partial charge in [0.25, 0.3) is 10.0 Å². The molecular formula is C17H21N3O2S. The summed E-state index contributed by atoms with van der Waals surface area (Å²) >= 11 is 0. The van der Waals surface area contributed by atoms with Gasteiger partial charge in [0.2, 0.25) is 0 Å². The standard InChI is InChI=1S/C17H21N3O2S/c1-19(2)15-10-9-14-6-3-4-8-17(14)20(13-15)23(21,22)16-7-5-11-18-12-16/h3-8,11-12,15H,9-10,13H2,1-2H3. The van der Waals surface area contributed by atoms with E-state index >= 15 is 0 Å². The van der Waals surface area contributed by atoms with Crippen molar-refractivity contribution in [1.29, 1.82) is 0 Å². The smallest absolute Gasteiger partial charge is 0.265 e. The molecule has 0 aliphatic carbocycles. The molecule has 0 fully saturated rings. The second kappa shape index (κ2) is 6.29. The van der Waals surface area contributed by atoms with Crippen LogP contribution in [-0.4, -0.2) is 45.0 Å². The third-order valence-electron chi connectivity index (χ3n) is 4.34. The van der Waals surface area contributed by atoms with Crippen molar-refractivity contribution in [2.45, 2.75) is 23.8 Å². The number of aromatic nitrogens is 1. The third kappa shape index (κ3) is 3.09. The van der Waals surface area contributed by atoms with Crippen molar-refractivity contribution in [2.75, 3.05) is 24.9 Å². The number of likely N-dealkylation sites (N-methyl/N-ethyl adjacent to an activating group) is 1. The SMILES string of the molecule is CN(C)C1CCc2ccccc2N(S(=O)(=O)c2cccnc2)C1. The fourth-order valence-electron chi connectivity index (χ4n) is 2.94. The first kappa shape index (κ1) is 16.0. The number of benzene rings is 1. The van der Waals surface area contributed by atoms with E-state index in [0.717, 1.165) is 24.1 Å². The number of fused-ring (bicyclic) bond motifs is 1. The van der Waals surface area contributed by atoms with E-state index in [9.17, 15) is 8.42 Å². The monoisotopic (exact) mass is 331 g/mol. The van der Waals surface area contributed by atoms with Gasteiger partial charge < -0.3 is 4.90 Å². The van der Waals surface area contributed by atoms with Gasteiger partial charge in [0.1, 0.15) is 4.90 Å². The highest BCUT2D eigenvalue weighted by Gasteiger charge is 2.32. The average molecular weight is 331 g/mol. The van der Waals surface area contributed by atoms with Crippen molar-refractivity contribution in [2.24, 2.45) is 0 Å². The zero-order valence-electron chi connectivity index (χ0n) is 13.4. The van der Waals surface area contributed by atoms with Gasteiger partial charge in [0.15, 0.2) is 0 Å². The Hall–Kier alpha value is -1.92. The van der Waals surface area contributed by atoms with Crippen LogP contribution in [0.4, 0.5) is 5.69 Å². The molecule has 0 saturated carbocycles. The van der Waals surface area contributed by atoms with Gasteiger partial charge in [-0.1, -0.05) is 18.2 Å². The van der Waals surface area contributed by atoms with Gasteiger partial charge >= 0.3 is 0 Å². The molecule has 1 atom stereocenters. The Morgan fingerprint density at radius 2 is 1.96 bits per heavy atom. The lowest BCUT2D eigenvalue weighted by Crippen LogP contribution is -2.42. The van der Waals surface area contributed by atoms with Crippen molar-refractivity contribution < 1.29 is 8.42 Å². The minimum Gasteiger partial charge on any atom is -0.305 e. The molecule has 1 aromatic carbocycles. The summed E-state index contributed by atoms with van der Waals surface area (Å²) in [5.41, 5.74) is 1.85. The molecule has 122 valence electrons.